The molecule has 0 radical (unpaired) electrons. The summed E-state index contributed by atoms with van der Waals surface area (Å²) in [6, 6.07) is 24.1. The molecule has 2 aromatic heterocycles. The minimum Gasteiger partial charge on any atom is -0.351 e. The predicted molar refractivity (Wildman–Crippen MR) is 151 cm³/mol. The predicted octanol–water partition coefficient (Wildman–Crippen LogP) is 7.10. The van der Waals surface area contributed by atoms with Crippen LogP contribution in [-0.2, 0) is 12.3 Å². The number of imidazole rings is 1. The lowest BCUT2D eigenvalue weighted by Crippen LogP contribution is -2.27. The summed E-state index contributed by atoms with van der Waals surface area (Å²) < 4.78 is 15.5. The van der Waals surface area contributed by atoms with E-state index < -0.39 is 0 Å². The number of hydrogen-bond acceptors (Lipinski definition) is 4. The highest BCUT2D eigenvalue weighted by Crippen LogP contribution is 2.30. The maximum atomic E-state index is 13.4. The highest BCUT2D eigenvalue weighted by atomic mass is 35.5. The highest BCUT2D eigenvalue weighted by molar-refractivity contribution is 7.98. The van der Waals surface area contributed by atoms with E-state index in [9.17, 15) is 9.18 Å². The van der Waals surface area contributed by atoms with Gasteiger partial charge < -0.3 is 9.88 Å². The van der Waals surface area contributed by atoms with Crippen molar-refractivity contribution >= 4 is 40.3 Å². The molecule has 0 bridgehead atoms. The lowest BCUT2D eigenvalue weighted by molar-refractivity contribution is 0.0951. The minimum absolute atomic E-state index is 0.0935. The molecule has 1 atom stereocenters. The van der Waals surface area contributed by atoms with E-state index in [0.29, 0.717) is 29.4 Å². The van der Waals surface area contributed by atoms with Crippen molar-refractivity contribution < 1.29 is 9.18 Å². The summed E-state index contributed by atoms with van der Waals surface area (Å²) in [5, 5.41) is 4.24. The average Bonchev–Trinajstić information content (AvgIpc) is 3.29. The third-order valence-corrected chi connectivity index (χ3v) is 7.76. The number of thioether (sulfide) groups is 1. The van der Waals surface area contributed by atoms with Crippen LogP contribution < -0.4 is 5.32 Å². The number of halogens is 2. The molecule has 5 nitrogen and oxygen atoms in total. The zero-order valence-corrected chi connectivity index (χ0v) is 22.3. The Morgan fingerprint density at radius 3 is 2.63 bits per heavy atom. The van der Waals surface area contributed by atoms with Gasteiger partial charge in [0.25, 0.3) is 5.91 Å². The third kappa shape index (κ3) is 6.06. The van der Waals surface area contributed by atoms with Crippen LogP contribution in [0.3, 0.4) is 0 Å². The van der Waals surface area contributed by atoms with E-state index in [0.717, 1.165) is 27.3 Å². The van der Waals surface area contributed by atoms with Crippen LogP contribution in [0.1, 0.15) is 39.9 Å². The molecular formula is C30H26ClFN4OS. The molecular weight excluding hydrogens is 519 g/mol. The molecule has 5 rings (SSSR count). The zero-order chi connectivity index (χ0) is 26.5. The zero-order valence-electron chi connectivity index (χ0n) is 20.8. The molecule has 0 aliphatic rings. The van der Waals surface area contributed by atoms with Crippen LogP contribution in [0.4, 0.5) is 4.39 Å². The number of carbonyl (C=O) groups is 1. The molecule has 8 heteroatoms. The van der Waals surface area contributed by atoms with Gasteiger partial charge in [-0.25, -0.2) is 9.37 Å². The smallest absolute Gasteiger partial charge is 0.251 e. The SMILES string of the molecule is CC(CNC(=O)c1ccc(Cn2c(SCc3ccc(F)cc3Cl)nc3ccncc32)cc1)c1ccccc1. The molecule has 0 aliphatic heterocycles. The molecule has 0 spiro atoms. The number of nitrogens with zero attached hydrogens (tertiary/aromatic N) is 3. The van der Waals surface area contributed by atoms with E-state index >= 15 is 0 Å². The first-order valence-corrected chi connectivity index (χ1v) is 13.6. The maximum absolute atomic E-state index is 13.4. The topological polar surface area (TPSA) is 59.8 Å². The Hall–Kier alpha value is -3.68. The second kappa shape index (κ2) is 11.8. The average molecular weight is 545 g/mol. The highest BCUT2D eigenvalue weighted by Gasteiger charge is 2.14. The number of carbonyl (C=O) groups excluding carboxylic acids is 1. The summed E-state index contributed by atoms with van der Waals surface area (Å²) in [7, 11) is 0. The first kappa shape index (κ1) is 25.9. The largest absolute Gasteiger partial charge is 0.351 e. The van der Waals surface area contributed by atoms with Gasteiger partial charge in [-0.2, -0.15) is 0 Å². The van der Waals surface area contributed by atoms with Gasteiger partial charge >= 0.3 is 0 Å². The van der Waals surface area contributed by atoms with E-state index in [1.807, 2.05) is 48.5 Å². The van der Waals surface area contributed by atoms with Crippen molar-refractivity contribution in [3.05, 3.63) is 124 Å². The van der Waals surface area contributed by atoms with Gasteiger partial charge in [0.2, 0.25) is 0 Å². The van der Waals surface area contributed by atoms with E-state index in [2.05, 4.69) is 33.9 Å². The Kier molecular flexibility index (Phi) is 8.05. The van der Waals surface area contributed by atoms with Crippen LogP contribution in [0.5, 0.6) is 0 Å². The lowest BCUT2D eigenvalue weighted by atomic mass is 10.0. The van der Waals surface area contributed by atoms with E-state index in [1.165, 1.54) is 29.5 Å². The summed E-state index contributed by atoms with van der Waals surface area (Å²) in [6.07, 6.45) is 3.52. The fourth-order valence-corrected chi connectivity index (χ4v) is 5.51. The molecule has 3 aromatic carbocycles. The van der Waals surface area contributed by atoms with Crippen LogP contribution in [0.15, 0.2) is 96.4 Å². The second-order valence-electron chi connectivity index (χ2n) is 9.09. The quantitative estimate of drug-likeness (QED) is 0.201. The minimum atomic E-state index is -0.357. The Morgan fingerprint density at radius 2 is 1.87 bits per heavy atom. The van der Waals surface area contributed by atoms with Crippen LogP contribution in [-0.4, -0.2) is 27.0 Å². The van der Waals surface area contributed by atoms with Gasteiger partial charge in [0.15, 0.2) is 5.16 Å². The number of pyridine rings is 1. The Morgan fingerprint density at radius 1 is 1.08 bits per heavy atom. The van der Waals surface area contributed by atoms with Gasteiger partial charge in [0, 0.05) is 29.1 Å². The molecule has 192 valence electrons. The maximum Gasteiger partial charge on any atom is 0.251 e. The standard InChI is InChI=1S/C30H26ClFN4OS/c1-20(22-5-3-2-4-6-22)16-34-29(37)23-9-7-21(8-10-23)18-36-28-17-33-14-13-27(28)35-30(36)38-19-24-11-12-25(32)15-26(24)31/h2-15,17,20H,16,18-19H2,1H3,(H,34,37). The van der Waals surface area contributed by atoms with Crippen molar-refractivity contribution in [1.29, 1.82) is 0 Å². The summed E-state index contributed by atoms with van der Waals surface area (Å²) in [5.41, 5.74) is 5.44. The van der Waals surface area contributed by atoms with Crippen molar-refractivity contribution in [2.75, 3.05) is 6.54 Å². The Bertz CT molecular complexity index is 1560. The van der Waals surface area contributed by atoms with Crippen LogP contribution >= 0.6 is 23.4 Å². The third-order valence-electron chi connectivity index (χ3n) is 6.38. The second-order valence-corrected chi connectivity index (χ2v) is 10.4. The monoisotopic (exact) mass is 544 g/mol. The van der Waals surface area contributed by atoms with Crippen molar-refractivity contribution in [3.8, 4) is 0 Å². The number of hydrogen-bond donors (Lipinski definition) is 1. The number of nitrogens with one attached hydrogen (secondary N) is 1. The van der Waals surface area contributed by atoms with Crippen LogP contribution in [0, 0.1) is 5.82 Å². The van der Waals surface area contributed by atoms with Crippen molar-refractivity contribution in [2.24, 2.45) is 0 Å². The van der Waals surface area contributed by atoms with Crippen molar-refractivity contribution in [3.63, 3.8) is 0 Å². The number of benzene rings is 3. The van der Waals surface area contributed by atoms with Crippen molar-refractivity contribution in [1.82, 2.24) is 19.9 Å². The molecule has 0 fully saturated rings. The number of rotatable bonds is 9. The summed E-state index contributed by atoms with van der Waals surface area (Å²) in [6.45, 7) is 3.23. The summed E-state index contributed by atoms with van der Waals surface area (Å²) >= 11 is 7.77. The fourth-order valence-electron chi connectivity index (χ4n) is 4.18. The lowest BCUT2D eigenvalue weighted by Gasteiger charge is -2.13. The molecule has 5 aromatic rings. The number of amides is 1. The first-order chi connectivity index (χ1) is 18.5. The molecule has 0 saturated carbocycles. The number of aromatic nitrogens is 3. The molecule has 2 heterocycles. The molecule has 0 saturated heterocycles. The summed E-state index contributed by atoms with van der Waals surface area (Å²) in [4.78, 5) is 21.8. The van der Waals surface area contributed by atoms with Crippen LogP contribution in [0.25, 0.3) is 11.0 Å². The van der Waals surface area contributed by atoms with E-state index in [4.69, 9.17) is 16.6 Å². The molecule has 1 amide bonds. The molecule has 38 heavy (non-hydrogen) atoms. The van der Waals surface area contributed by atoms with Gasteiger partial charge in [-0.3, -0.25) is 9.78 Å². The van der Waals surface area contributed by atoms with Gasteiger partial charge in [-0.15, -0.1) is 0 Å². The number of fused-ring (bicyclic) bond motifs is 1. The molecule has 1 N–H and O–H groups in total. The van der Waals surface area contributed by atoms with Gasteiger partial charge in [0.05, 0.1) is 23.8 Å². The Balaban J connectivity index is 1.28. The van der Waals surface area contributed by atoms with Gasteiger partial charge in [-0.05, 0) is 52.9 Å². The molecule has 0 aliphatic carbocycles. The van der Waals surface area contributed by atoms with Gasteiger partial charge in [-0.1, -0.05) is 78.8 Å². The van der Waals surface area contributed by atoms with E-state index in [-0.39, 0.29) is 17.6 Å². The fraction of sp³-hybridized carbons (Fsp3) is 0.167. The van der Waals surface area contributed by atoms with E-state index in [1.54, 1.807) is 18.5 Å². The van der Waals surface area contributed by atoms with Crippen molar-refractivity contribution in [2.45, 2.75) is 30.3 Å². The first-order valence-electron chi connectivity index (χ1n) is 12.3. The summed E-state index contributed by atoms with van der Waals surface area (Å²) in [5.74, 6) is 0.327. The molecule has 1 unspecified atom stereocenters. The van der Waals surface area contributed by atoms with Gasteiger partial charge in [0.1, 0.15) is 5.82 Å². The Labute approximate surface area is 230 Å². The van der Waals surface area contributed by atoms with Crippen LogP contribution in [0.2, 0.25) is 5.02 Å². The normalized spacial score (nSPS) is 12.0.